The Morgan fingerprint density at radius 2 is 1.74 bits per heavy atom. The van der Waals surface area contributed by atoms with Crippen molar-refractivity contribution >= 4 is 40.0 Å². The van der Waals surface area contributed by atoms with Crippen LogP contribution in [0.3, 0.4) is 0 Å². The Kier molecular flexibility index (Phi) is 6.71. The van der Waals surface area contributed by atoms with E-state index in [1.165, 1.54) is 22.0 Å². The van der Waals surface area contributed by atoms with Crippen molar-refractivity contribution in [1.29, 1.82) is 0 Å². The van der Waals surface area contributed by atoms with Gasteiger partial charge in [-0.15, -0.1) is 5.10 Å². The number of allylic oxidation sites excluding steroid dienone is 2. The zero-order chi connectivity index (χ0) is 27.1. The number of benzene rings is 3. The highest BCUT2D eigenvalue weighted by Gasteiger charge is 2.41. The maximum atomic E-state index is 13.6. The third-order valence-corrected chi connectivity index (χ3v) is 8.77. The Hall–Kier alpha value is -3.58. The van der Waals surface area contributed by atoms with Gasteiger partial charge in [-0.05, 0) is 59.7 Å². The van der Waals surface area contributed by atoms with Crippen LogP contribution in [0.5, 0.6) is 0 Å². The molecule has 0 saturated heterocycles. The lowest BCUT2D eigenvalue weighted by Gasteiger charge is -2.38. The number of rotatable bonds is 7. The van der Waals surface area contributed by atoms with E-state index in [0.717, 1.165) is 42.1 Å². The molecule has 0 amide bonds. The van der Waals surface area contributed by atoms with Crippen molar-refractivity contribution < 1.29 is 4.79 Å². The van der Waals surface area contributed by atoms with Crippen LogP contribution in [0.15, 0.2) is 83.2 Å². The number of hydrogen-bond acceptors (Lipinski definition) is 6. The molecule has 0 fully saturated rings. The molecule has 2 aliphatic rings. The summed E-state index contributed by atoms with van der Waals surface area (Å²) in [5, 5.41) is 11.7. The average Bonchev–Trinajstić information content (AvgIpc) is 3.33. The second-order valence-electron chi connectivity index (χ2n) is 11.2. The van der Waals surface area contributed by atoms with Crippen LogP contribution in [0.1, 0.15) is 57.7 Å². The summed E-state index contributed by atoms with van der Waals surface area (Å²) < 4.78 is 1.92. The minimum Gasteiger partial charge on any atom is -0.372 e. The fraction of sp³-hybridized carbons (Fsp3) is 0.344. The summed E-state index contributed by atoms with van der Waals surface area (Å²) in [5.41, 5.74) is 5.23. The van der Waals surface area contributed by atoms with E-state index in [0.29, 0.717) is 17.5 Å². The van der Waals surface area contributed by atoms with Crippen molar-refractivity contribution in [3.05, 3.63) is 89.1 Å². The first-order valence-corrected chi connectivity index (χ1v) is 14.8. The summed E-state index contributed by atoms with van der Waals surface area (Å²) in [6, 6.07) is 23.2. The molecular weight excluding hydrogens is 502 g/mol. The van der Waals surface area contributed by atoms with Gasteiger partial charge in [-0.2, -0.15) is 4.98 Å². The van der Waals surface area contributed by atoms with Crippen LogP contribution >= 0.6 is 11.8 Å². The van der Waals surface area contributed by atoms with Crippen LogP contribution in [-0.2, 0) is 10.5 Å². The number of thioether (sulfide) groups is 1. The summed E-state index contributed by atoms with van der Waals surface area (Å²) in [6.45, 7) is 10.6. The van der Waals surface area contributed by atoms with E-state index in [1.54, 1.807) is 11.8 Å². The Labute approximate surface area is 234 Å². The van der Waals surface area contributed by atoms with Crippen molar-refractivity contribution in [1.82, 2.24) is 14.8 Å². The quantitative estimate of drug-likeness (QED) is 0.251. The summed E-state index contributed by atoms with van der Waals surface area (Å²) >= 11 is 1.63. The van der Waals surface area contributed by atoms with Crippen molar-refractivity contribution in [3.8, 4) is 0 Å². The number of hydrogen-bond donors (Lipinski definition) is 1. The smallest absolute Gasteiger partial charge is 0.227 e. The van der Waals surface area contributed by atoms with Gasteiger partial charge in [0.05, 0.1) is 0 Å². The van der Waals surface area contributed by atoms with E-state index < -0.39 is 0 Å². The molecule has 6 nitrogen and oxygen atoms in total. The predicted octanol–water partition coefficient (Wildman–Crippen LogP) is 7.23. The summed E-state index contributed by atoms with van der Waals surface area (Å²) in [5.74, 6) is 1.67. The molecule has 6 rings (SSSR count). The third-order valence-electron chi connectivity index (χ3n) is 7.89. The normalized spacial score (nSPS) is 18.1. The van der Waals surface area contributed by atoms with Crippen LogP contribution in [0.2, 0.25) is 0 Å². The van der Waals surface area contributed by atoms with Crippen LogP contribution in [0.25, 0.3) is 10.8 Å². The lowest BCUT2D eigenvalue weighted by atomic mass is 9.73. The lowest BCUT2D eigenvalue weighted by Crippen LogP contribution is -2.36. The number of nitrogens with zero attached hydrogens (tertiary/aromatic N) is 4. The number of ketones is 1. The molecule has 3 aromatic carbocycles. The van der Waals surface area contributed by atoms with E-state index in [1.807, 2.05) is 4.68 Å². The standard InChI is InChI=1S/C32H35N5OS/c1-5-36(6-2)24-16-14-22(15-17-24)29-28-26(18-32(3,4)19-27(28)38)33-30-34-31(35-37(29)30)39-20-23-12-9-11-21-10-7-8-13-25(21)23/h7-17,29H,5-6,18-20H2,1-4H3,(H,33,34,35). The van der Waals surface area contributed by atoms with Gasteiger partial charge in [-0.3, -0.25) is 4.79 Å². The van der Waals surface area contributed by atoms with E-state index in [-0.39, 0.29) is 17.2 Å². The average molecular weight is 538 g/mol. The SMILES string of the molecule is CCN(CC)c1ccc(C2C3=C(CC(C)(C)CC3=O)Nc3nc(SCc4cccc5ccccc45)nn32)cc1. The van der Waals surface area contributed by atoms with Gasteiger partial charge in [0, 0.05) is 42.2 Å². The monoisotopic (exact) mass is 537 g/mol. The van der Waals surface area contributed by atoms with Gasteiger partial charge in [0.25, 0.3) is 0 Å². The fourth-order valence-corrected chi connectivity index (χ4v) is 6.81. The second-order valence-corrected chi connectivity index (χ2v) is 12.2. The molecule has 2 heterocycles. The van der Waals surface area contributed by atoms with Crippen molar-refractivity contribution in [2.45, 2.75) is 57.5 Å². The van der Waals surface area contributed by atoms with Crippen molar-refractivity contribution in [2.24, 2.45) is 5.41 Å². The number of fused-ring (bicyclic) bond motifs is 2. The van der Waals surface area contributed by atoms with Crippen molar-refractivity contribution in [3.63, 3.8) is 0 Å². The highest BCUT2D eigenvalue weighted by Crippen LogP contribution is 2.46. The largest absolute Gasteiger partial charge is 0.372 e. The highest BCUT2D eigenvalue weighted by molar-refractivity contribution is 7.98. The maximum absolute atomic E-state index is 13.6. The van der Waals surface area contributed by atoms with Gasteiger partial charge in [0.15, 0.2) is 5.78 Å². The van der Waals surface area contributed by atoms with Gasteiger partial charge in [-0.1, -0.05) is 80.2 Å². The first-order valence-electron chi connectivity index (χ1n) is 13.8. The number of anilines is 2. The Morgan fingerprint density at radius 1 is 1.00 bits per heavy atom. The van der Waals surface area contributed by atoms with Gasteiger partial charge in [-0.25, -0.2) is 4.68 Å². The Balaban J connectivity index is 1.36. The molecule has 200 valence electrons. The number of carbonyl (C=O) groups excluding carboxylic acids is 1. The van der Waals surface area contributed by atoms with Gasteiger partial charge in [0.2, 0.25) is 11.1 Å². The summed E-state index contributed by atoms with van der Waals surface area (Å²) in [6.07, 6.45) is 1.35. The van der Waals surface area contributed by atoms with Crippen LogP contribution in [0.4, 0.5) is 11.6 Å². The summed E-state index contributed by atoms with van der Waals surface area (Å²) in [7, 11) is 0. The number of aromatic nitrogens is 3. The van der Waals surface area contributed by atoms with E-state index >= 15 is 0 Å². The first kappa shape index (κ1) is 25.7. The van der Waals surface area contributed by atoms with Crippen molar-refractivity contribution in [2.75, 3.05) is 23.3 Å². The molecule has 1 aliphatic carbocycles. The number of carbonyl (C=O) groups is 1. The lowest BCUT2D eigenvalue weighted by molar-refractivity contribution is -0.118. The molecule has 4 aromatic rings. The van der Waals surface area contributed by atoms with Gasteiger partial charge in [0.1, 0.15) is 6.04 Å². The summed E-state index contributed by atoms with van der Waals surface area (Å²) in [4.78, 5) is 20.8. The number of nitrogens with one attached hydrogen (secondary N) is 1. The molecule has 1 atom stereocenters. The molecule has 1 N–H and O–H groups in total. The van der Waals surface area contributed by atoms with Gasteiger partial charge >= 0.3 is 0 Å². The molecule has 1 aliphatic heterocycles. The van der Waals surface area contributed by atoms with Crippen LogP contribution in [-0.4, -0.2) is 33.6 Å². The molecule has 1 unspecified atom stereocenters. The highest BCUT2D eigenvalue weighted by atomic mass is 32.2. The zero-order valence-electron chi connectivity index (χ0n) is 23.1. The Bertz CT molecular complexity index is 1560. The van der Waals surface area contributed by atoms with E-state index in [2.05, 4.69) is 105 Å². The predicted molar refractivity (Wildman–Crippen MR) is 160 cm³/mol. The zero-order valence-corrected chi connectivity index (χ0v) is 23.9. The van der Waals surface area contributed by atoms with E-state index in [9.17, 15) is 4.79 Å². The molecule has 0 spiro atoms. The maximum Gasteiger partial charge on any atom is 0.227 e. The molecule has 7 heteroatoms. The van der Waals surface area contributed by atoms with E-state index in [4.69, 9.17) is 10.1 Å². The first-order chi connectivity index (χ1) is 18.9. The fourth-order valence-electron chi connectivity index (χ4n) is 5.98. The third kappa shape index (κ3) is 4.84. The van der Waals surface area contributed by atoms with Crippen LogP contribution in [0, 0.1) is 5.41 Å². The molecule has 39 heavy (non-hydrogen) atoms. The minimum absolute atomic E-state index is 0.0891. The molecule has 0 bridgehead atoms. The molecule has 1 aromatic heterocycles. The number of Topliss-reactive ketones (excluding diaryl/α,β-unsaturated/α-hetero) is 1. The molecular formula is C32H35N5OS. The Morgan fingerprint density at radius 3 is 2.51 bits per heavy atom. The second kappa shape index (κ2) is 10.2. The molecule has 0 radical (unpaired) electrons. The van der Waals surface area contributed by atoms with Gasteiger partial charge < -0.3 is 10.2 Å². The topological polar surface area (TPSA) is 63.1 Å². The van der Waals surface area contributed by atoms with Crippen LogP contribution < -0.4 is 10.2 Å². The minimum atomic E-state index is -0.287. The molecule has 0 saturated carbocycles.